The molecule has 0 aliphatic heterocycles. The van der Waals surface area contributed by atoms with Gasteiger partial charge in [-0.25, -0.2) is 4.98 Å². The van der Waals surface area contributed by atoms with E-state index in [4.69, 9.17) is 28.2 Å². The van der Waals surface area contributed by atoms with Crippen LogP contribution in [0.4, 0.5) is 0 Å². The summed E-state index contributed by atoms with van der Waals surface area (Å²) >= 11 is 13.0. The molecule has 1 amide bonds. The van der Waals surface area contributed by atoms with E-state index in [2.05, 4.69) is 13.8 Å². The van der Waals surface area contributed by atoms with E-state index in [0.29, 0.717) is 39.9 Å². The Kier molecular flexibility index (Phi) is 8.35. The van der Waals surface area contributed by atoms with Crippen LogP contribution < -0.4 is 5.56 Å². The summed E-state index contributed by atoms with van der Waals surface area (Å²) in [7, 11) is 0. The van der Waals surface area contributed by atoms with Gasteiger partial charge in [-0.05, 0) is 62.1 Å². The van der Waals surface area contributed by atoms with Crippen molar-refractivity contribution >= 4 is 40.0 Å². The van der Waals surface area contributed by atoms with E-state index in [1.165, 1.54) is 0 Å². The summed E-state index contributed by atoms with van der Waals surface area (Å²) in [5.41, 5.74) is 2.76. The van der Waals surface area contributed by atoms with Gasteiger partial charge in [-0.3, -0.25) is 14.2 Å². The van der Waals surface area contributed by atoms with Crippen LogP contribution in [0.1, 0.15) is 55.6 Å². The van der Waals surface area contributed by atoms with Crippen molar-refractivity contribution in [2.75, 3.05) is 6.54 Å². The molecule has 0 aliphatic carbocycles. The first-order chi connectivity index (χ1) is 17.7. The predicted molar refractivity (Wildman–Crippen MR) is 152 cm³/mol. The van der Waals surface area contributed by atoms with E-state index in [9.17, 15) is 9.59 Å². The van der Waals surface area contributed by atoms with Crippen LogP contribution in [0.2, 0.25) is 5.02 Å². The third-order valence-electron chi connectivity index (χ3n) is 6.53. The molecule has 0 spiro atoms. The number of rotatable bonds is 8. The van der Waals surface area contributed by atoms with Crippen LogP contribution in [-0.2, 0) is 4.79 Å². The van der Waals surface area contributed by atoms with Gasteiger partial charge in [0.2, 0.25) is 5.91 Å². The Balaban J connectivity index is 1.88. The molecule has 0 saturated heterocycles. The lowest BCUT2D eigenvalue weighted by Crippen LogP contribution is -2.40. The molecule has 2 atom stereocenters. The van der Waals surface area contributed by atoms with E-state index >= 15 is 0 Å². The van der Waals surface area contributed by atoms with Gasteiger partial charge in [-0.1, -0.05) is 73.5 Å². The number of fused-ring (bicyclic) bond motifs is 1. The molecule has 5 nitrogen and oxygen atoms in total. The average Bonchev–Trinajstić information content (AvgIpc) is 2.88. The maximum Gasteiger partial charge on any atom is 0.266 e. The number of hydrogen-bond donors (Lipinski definition) is 0. The van der Waals surface area contributed by atoms with Crippen molar-refractivity contribution in [1.82, 2.24) is 14.5 Å². The highest BCUT2D eigenvalue weighted by Crippen LogP contribution is 2.30. The summed E-state index contributed by atoms with van der Waals surface area (Å²) in [5.74, 6) is 0.602. The van der Waals surface area contributed by atoms with Crippen LogP contribution in [0.3, 0.4) is 0 Å². The van der Waals surface area contributed by atoms with Gasteiger partial charge in [-0.2, -0.15) is 0 Å². The maximum atomic E-state index is 13.8. The van der Waals surface area contributed by atoms with E-state index in [-0.39, 0.29) is 11.5 Å². The minimum atomic E-state index is -0.856. The minimum absolute atomic E-state index is 0.214. The fourth-order valence-corrected chi connectivity index (χ4v) is 4.78. The number of benzene rings is 3. The Morgan fingerprint density at radius 1 is 1.00 bits per heavy atom. The number of carbonyl (C=O) groups excluding carboxylic acids is 1. The fraction of sp³-hybridized carbons (Fsp3) is 0.300. The normalized spacial score (nSPS) is 13.1. The molecule has 0 radical (unpaired) electrons. The molecular formula is C30H31Cl2N3O2. The first-order valence-electron chi connectivity index (χ1n) is 12.5. The smallest absolute Gasteiger partial charge is 0.266 e. The molecule has 0 N–H and O–H groups in total. The van der Waals surface area contributed by atoms with E-state index in [0.717, 1.165) is 17.5 Å². The van der Waals surface area contributed by atoms with Crippen molar-refractivity contribution < 1.29 is 4.79 Å². The number of carbonyl (C=O) groups is 1. The van der Waals surface area contributed by atoms with Crippen molar-refractivity contribution in [3.8, 4) is 5.69 Å². The first-order valence-corrected chi connectivity index (χ1v) is 13.3. The summed E-state index contributed by atoms with van der Waals surface area (Å²) in [6, 6.07) is 21.5. The number of nitrogens with zero attached hydrogens (tertiary/aromatic N) is 3. The monoisotopic (exact) mass is 535 g/mol. The Bertz CT molecular complexity index is 1450. The highest BCUT2D eigenvalue weighted by atomic mass is 35.5. The van der Waals surface area contributed by atoms with Gasteiger partial charge in [0.1, 0.15) is 11.2 Å². The molecule has 7 heteroatoms. The van der Waals surface area contributed by atoms with Gasteiger partial charge in [-0.15, -0.1) is 11.6 Å². The molecule has 37 heavy (non-hydrogen) atoms. The van der Waals surface area contributed by atoms with Crippen molar-refractivity contribution in [2.24, 2.45) is 5.92 Å². The van der Waals surface area contributed by atoms with Gasteiger partial charge >= 0.3 is 0 Å². The van der Waals surface area contributed by atoms with E-state index in [1.54, 1.807) is 27.7 Å². The van der Waals surface area contributed by atoms with Gasteiger partial charge in [0.05, 0.1) is 22.6 Å². The lowest BCUT2D eigenvalue weighted by atomic mass is 10.1. The molecule has 3 aromatic carbocycles. The third-order valence-corrected chi connectivity index (χ3v) is 7.20. The van der Waals surface area contributed by atoms with Gasteiger partial charge < -0.3 is 4.90 Å². The number of hydrogen-bond acceptors (Lipinski definition) is 3. The molecule has 0 aliphatic rings. The molecule has 4 aromatic rings. The number of amides is 1. The summed E-state index contributed by atoms with van der Waals surface area (Å²) in [6.45, 7) is 8.59. The molecule has 1 aromatic heterocycles. The quantitative estimate of drug-likeness (QED) is 0.223. The van der Waals surface area contributed by atoms with Gasteiger partial charge in [0.15, 0.2) is 0 Å². The zero-order chi connectivity index (χ0) is 26.7. The Hall–Kier alpha value is -3.15. The summed E-state index contributed by atoms with van der Waals surface area (Å²) in [5, 5.41) is 0.0921. The minimum Gasteiger partial charge on any atom is -0.331 e. The fourth-order valence-electron chi connectivity index (χ4n) is 4.34. The number of aryl methyl sites for hydroxylation is 1. The predicted octanol–water partition coefficient (Wildman–Crippen LogP) is 7.26. The molecule has 2 unspecified atom stereocenters. The molecule has 4 rings (SSSR count). The number of aromatic nitrogens is 2. The second-order valence-corrected chi connectivity index (χ2v) is 10.6. The van der Waals surface area contributed by atoms with Crippen LogP contribution >= 0.6 is 23.2 Å². The Morgan fingerprint density at radius 2 is 1.68 bits per heavy atom. The van der Waals surface area contributed by atoms with Crippen LogP contribution in [0, 0.1) is 12.8 Å². The SMILES string of the molecule is Cc1ccc(-n2c(C(C)N(CCC(C)C)C(=O)C(Cl)c3ccccc3)nc3cc(Cl)ccc3c2=O)cc1. The highest BCUT2D eigenvalue weighted by molar-refractivity contribution is 6.31. The Morgan fingerprint density at radius 3 is 2.32 bits per heavy atom. The molecule has 1 heterocycles. The maximum absolute atomic E-state index is 13.8. The van der Waals surface area contributed by atoms with Gasteiger partial charge in [0.25, 0.3) is 5.56 Å². The molecule has 0 bridgehead atoms. The van der Waals surface area contributed by atoms with Crippen LogP contribution in [0.5, 0.6) is 0 Å². The van der Waals surface area contributed by atoms with Crippen LogP contribution in [-0.4, -0.2) is 26.9 Å². The van der Waals surface area contributed by atoms with Crippen molar-refractivity contribution in [2.45, 2.75) is 45.5 Å². The van der Waals surface area contributed by atoms with Crippen molar-refractivity contribution in [3.05, 3.63) is 105 Å². The van der Waals surface area contributed by atoms with E-state index < -0.39 is 11.4 Å². The number of halogens is 2. The van der Waals surface area contributed by atoms with Crippen LogP contribution in [0.15, 0.2) is 77.6 Å². The first kappa shape index (κ1) is 26.9. The lowest BCUT2D eigenvalue weighted by molar-refractivity contribution is -0.133. The summed E-state index contributed by atoms with van der Waals surface area (Å²) in [6.07, 6.45) is 0.780. The zero-order valence-electron chi connectivity index (χ0n) is 21.5. The van der Waals surface area contributed by atoms with Gasteiger partial charge in [0, 0.05) is 11.6 Å². The second kappa shape index (κ2) is 11.5. The van der Waals surface area contributed by atoms with E-state index in [1.807, 2.05) is 68.4 Å². The topological polar surface area (TPSA) is 55.2 Å². The molecule has 192 valence electrons. The largest absolute Gasteiger partial charge is 0.331 e. The molecule has 0 fully saturated rings. The van der Waals surface area contributed by atoms with Crippen molar-refractivity contribution in [3.63, 3.8) is 0 Å². The number of alkyl halides is 1. The summed E-state index contributed by atoms with van der Waals surface area (Å²) < 4.78 is 1.60. The average molecular weight is 537 g/mol. The third kappa shape index (κ3) is 5.89. The second-order valence-electron chi connectivity index (χ2n) is 9.77. The highest BCUT2D eigenvalue weighted by Gasteiger charge is 2.31. The van der Waals surface area contributed by atoms with Crippen LogP contribution in [0.25, 0.3) is 16.6 Å². The molecule has 0 saturated carbocycles. The van der Waals surface area contributed by atoms with Crippen molar-refractivity contribution in [1.29, 1.82) is 0 Å². The lowest BCUT2D eigenvalue weighted by Gasteiger charge is -2.32. The molecular weight excluding hydrogens is 505 g/mol. The Labute approximate surface area is 227 Å². The standard InChI is InChI=1S/C30H31Cl2N3O2/c1-19(2)16-17-34(30(37)27(32)22-8-6-5-7-9-22)21(4)28-33-26-18-23(31)12-15-25(26)29(36)35(28)24-13-10-20(3)11-14-24/h5-15,18-19,21,27H,16-17H2,1-4H3. The summed E-state index contributed by atoms with van der Waals surface area (Å²) in [4.78, 5) is 34.3. The zero-order valence-corrected chi connectivity index (χ0v) is 23.0.